The Bertz CT molecular complexity index is 1000. The first kappa shape index (κ1) is 13.1. The Balaban J connectivity index is 2.14. The summed E-state index contributed by atoms with van der Waals surface area (Å²) in [4.78, 5) is 12.4. The van der Waals surface area contributed by atoms with Crippen molar-refractivity contribution in [2.45, 2.75) is 13.3 Å². The van der Waals surface area contributed by atoms with Crippen LogP contribution in [0.4, 0.5) is 0 Å². The molecule has 0 unspecified atom stereocenters. The molecule has 2 aromatic heterocycles. The van der Waals surface area contributed by atoms with E-state index in [1.807, 2.05) is 20.0 Å². The highest BCUT2D eigenvalue weighted by Gasteiger charge is 2.17. The van der Waals surface area contributed by atoms with Crippen molar-refractivity contribution in [3.05, 3.63) is 63.6 Å². The minimum atomic E-state index is 0.0831. The maximum Gasteiger partial charge on any atom is 0.253 e. The summed E-state index contributed by atoms with van der Waals surface area (Å²) in [6, 6.07) is 8.57. The molecule has 2 heterocycles. The lowest BCUT2D eigenvalue weighted by Crippen LogP contribution is -2.22. The quantitative estimate of drug-likeness (QED) is 0.623. The van der Waals surface area contributed by atoms with Crippen molar-refractivity contribution in [3.63, 3.8) is 0 Å². The van der Waals surface area contributed by atoms with Crippen molar-refractivity contribution in [1.82, 2.24) is 9.13 Å². The van der Waals surface area contributed by atoms with Gasteiger partial charge in [-0.25, -0.2) is 0 Å². The van der Waals surface area contributed by atoms with Crippen LogP contribution in [-0.4, -0.2) is 9.13 Å². The normalized spacial score (nSPS) is 13.0. The zero-order valence-corrected chi connectivity index (χ0v) is 13.1. The maximum atomic E-state index is 12.4. The molecule has 0 saturated heterocycles. The molecule has 1 aromatic carbocycles. The molecule has 3 aromatic rings. The molecule has 0 atom stereocenters. The summed E-state index contributed by atoms with van der Waals surface area (Å²) in [5, 5.41) is 1.20. The molecule has 0 radical (unpaired) electrons. The smallest absolute Gasteiger partial charge is 0.253 e. The third-order valence-electron chi connectivity index (χ3n) is 4.62. The van der Waals surface area contributed by atoms with Gasteiger partial charge in [-0.3, -0.25) is 4.79 Å². The van der Waals surface area contributed by atoms with Crippen molar-refractivity contribution >= 4 is 17.0 Å². The van der Waals surface area contributed by atoms with E-state index >= 15 is 0 Å². The van der Waals surface area contributed by atoms with Gasteiger partial charge in [0, 0.05) is 42.3 Å². The summed E-state index contributed by atoms with van der Waals surface area (Å²) >= 11 is 0. The van der Waals surface area contributed by atoms with Crippen LogP contribution in [0.2, 0.25) is 0 Å². The Morgan fingerprint density at radius 3 is 2.77 bits per heavy atom. The van der Waals surface area contributed by atoms with Crippen molar-refractivity contribution in [1.29, 1.82) is 0 Å². The molecule has 110 valence electrons. The molecule has 1 aliphatic carbocycles. The first-order valence-electron chi connectivity index (χ1n) is 7.52. The molecule has 0 spiro atoms. The average Bonchev–Trinajstić information content (AvgIpc) is 2.75. The van der Waals surface area contributed by atoms with Crippen molar-refractivity contribution in [3.8, 4) is 11.3 Å². The maximum absolute atomic E-state index is 12.4. The zero-order chi connectivity index (χ0) is 15.4. The van der Waals surface area contributed by atoms with Gasteiger partial charge in [0.05, 0.1) is 5.69 Å². The second kappa shape index (κ2) is 4.47. The molecule has 0 aliphatic heterocycles. The third-order valence-corrected chi connectivity index (χ3v) is 4.62. The van der Waals surface area contributed by atoms with Gasteiger partial charge >= 0.3 is 0 Å². The highest BCUT2D eigenvalue weighted by molar-refractivity contribution is 5.91. The van der Waals surface area contributed by atoms with Crippen molar-refractivity contribution in [2.24, 2.45) is 14.1 Å². The van der Waals surface area contributed by atoms with Crippen LogP contribution in [0, 0.1) is 6.92 Å². The number of rotatable bonds is 0. The van der Waals surface area contributed by atoms with E-state index in [2.05, 4.69) is 48.2 Å². The number of fused-ring (bicyclic) bond motifs is 4. The fourth-order valence-corrected chi connectivity index (χ4v) is 3.47. The fourth-order valence-electron chi connectivity index (χ4n) is 3.47. The first-order valence-corrected chi connectivity index (χ1v) is 7.52. The largest absolute Gasteiger partial charge is 0.351 e. The molecule has 0 bridgehead atoms. The van der Waals surface area contributed by atoms with Crippen LogP contribution in [0.3, 0.4) is 0 Å². The number of allylic oxidation sites excluding steroid dienone is 1. The minimum absolute atomic E-state index is 0.0831. The van der Waals surface area contributed by atoms with Crippen molar-refractivity contribution in [2.75, 3.05) is 0 Å². The predicted octanol–water partition coefficient (Wildman–Crippen LogP) is 3.42. The van der Waals surface area contributed by atoms with Gasteiger partial charge in [-0.05, 0) is 48.7 Å². The summed E-state index contributed by atoms with van der Waals surface area (Å²) in [5.41, 5.74) is 6.67. The van der Waals surface area contributed by atoms with E-state index < -0.39 is 0 Å². The SMILES string of the molecule is Cc1cc2c(n(C)c1=O)-c1cc3ccn(C)c3cc1C=CC2. The van der Waals surface area contributed by atoms with Gasteiger partial charge in [0.2, 0.25) is 0 Å². The van der Waals surface area contributed by atoms with Crippen molar-refractivity contribution < 1.29 is 0 Å². The number of hydrogen-bond donors (Lipinski definition) is 0. The molecule has 3 nitrogen and oxygen atoms in total. The summed E-state index contributed by atoms with van der Waals surface area (Å²) < 4.78 is 3.93. The fraction of sp³-hybridized carbons (Fsp3) is 0.211. The standard InChI is InChI=1S/C19H18N2O/c1-12-9-15-6-4-5-13-11-17-14(7-8-20(17)2)10-16(13)18(15)21(3)19(12)22/h4-5,7-11H,6H2,1-3H3. The van der Waals surface area contributed by atoms with Crippen LogP contribution in [0.15, 0.2) is 41.3 Å². The van der Waals surface area contributed by atoms with Gasteiger partial charge in [0.25, 0.3) is 5.56 Å². The number of pyridine rings is 1. The van der Waals surface area contributed by atoms with E-state index in [4.69, 9.17) is 0 Å². The van der Waals surface area contributed by atoms with Gasteiger partial charge in [-0.2, -0.15) is 0 Å². The van der Waals surface area contributed by atoms with Crippen LogP contribution in [-0.2, 0) is 20.5 Å². The molecule has 4 rings (SSSR count). The Morgan fingerprint density at radius 2 is 1.95 bits per heavy atom. The molecule has 0 N–H and O–H groups in total. The number of hydrogen-bond acceptors (Lipinski definition) is 1. The molecule has 3 heteroatoms. The predicted molar refractivity (Wildman–Crippen MR) is 91.1 cm³/mol. The van der Waals surface area contributed by atoms with E-state index in [-0.39, 0.29) is 5.56 Å². The minimum Gasteiger partial charge on any atom is -0.351 e. The molecular weight excluding hydrogens is 272 g/mol. The van der Waals surface area contributed by atoms with E-state index in [1.54, 1.807) is 4.57 Å². The Hall–Kier alpha value is -2.55. The average molecular weight is 290 g/mol. The van der Waals surface area contributed by atoms with E-state index in [0.29, 0.717) is 0 Å². The van der Waals surface area contributed by atoms with E-state index in [9.17, 15) is 4.79 Å². The number of nitrogens with zero attached hydrogens (tertiary/aromatic N) is 2. The molecule has 22 heavy (non-hydrogen) atoms. The van der Waals surface area contributed by atoms with Crippen LogP contribution in [0.5, 0.6) is 0 Å². The molecule has 0 amide bonds. The van der Waals surface area contributed by atoms with Crippen LogP contribution < -0.4 is 5.56 Å². The number of aromatic nitrogens is 2. The lowest BCUT2D eigenvalue weighted by atomic mass is 9.98. The summed E-state index contributed by atoms with van der Waals surface area (Å²) in [5.74, 6) is 0. The van der Waals surface area contributed by atoms with Gasteiger partial charge in [-0.1, -0.05) is 12.2 Å². The zero-order valence-electron chi connectivity index (χ0n) is 13.1. The Kier molecular flexibility index (Phi) is 2.67. The molecule has 1 aliphatic rings. The first-order chi connectivity index (χ1) is 10.6. The lowest BCUT2D eigenvalue weighted by Gasteiger charge is -2.15. The third kappa shape index (κ3) is 1.72. The Morgan fingerprint density at radius 1 is 1.14 bits per heavy atom. The number of aryl methyl sites for hydroxylation is 2. The van der Waals surface area contributed by atoms with E-state index in [0.717, 1.165) is 23.2 Å². The molecular formula is C19H18N2O. The summed E-state index contributed by atoms with van der Waals surface area (Å²) in [6.07, 6.45) is 7.28. The van der Waals surface area contributed by atoms with E-state index in [1.165, 1.54) is 22.0 Å². The van der Waals surface area contributed by atoms with Gasteiger partial charge in [0.15, 0.2) is 0 Å². The number of benzene rings is 1. The van der Waals surface area contributed by atoms with Crippen LogP contribution >= 0.6 is 0 Å². The summed E-state index contributed by atoms with van der Waals surface area (Å²) in [6.45, 7) is 1.89. The van der Waals surface area contributed by atoms with Gasteiger partial charge < -0.3 is 9.13 Å². The van der Waals surface area contributed by atoms with Gasteiger partial charge in [-0.15, -0.1) is 0 Å². The monoisotopic (exact) mass is 290 g/mol. The second-order valence-electron chi connectivity index (χ2n) is 6.10. The summed E-state index contributed by atoms with van der Waals surface area (Å²) in [7, 11) is 3.93. The topological polar surface area (TPSA) is 26.9 Å². The Labute approximate surface area is 129 Å². The van der Waals surface area contributed by atoms with Crippen LogP contribution in [0.25, 0.3) is 28.2 Å². The highest BCUT2D eigenvalue weighted by Crippen LogP contribution is 2.34. The second-order valence-corrected chi connectivity index (χ2v) is 6.10. The van der Waals surface area contributed by atoms with Crippen LogP contribution in [0.1, 0.15) is 16.7 Å². The van der Waals surface area contributed by atoms with Gasteiger partial charge in [0.1, 0.15) is 0 Å². The molecule has 0 saturated carbocycles. The highest BCUT2D eigenvalue weighted by atomic mass is 16.1. The molecule has 0 fully saturated rings. The lowest BCUT2D eigenvalue weighted by molar-refractivity contribution is 0.847.